The van der Waals surface area contributed by atoms with Gasteiger partial charge >= 0.3 is 11.9 Å². The molecule has 2 rings (SSSR count). The van der Waals surface area contributed by atoms with Gasteiger partial charge in [-0.2, -0.15) is 0 Å². The number of nitrogens with one attached hydrogen (secondary N) is 1. The van der Waals surface area contributed by atoms with Crippen molar-refractivity contribution in [2.45, 2.75) is 33.8 Å². The lowest BCUT2D eigenvalue weighted by Crippen LogP contribution is -2.30. The number of rotatable bonds is 8. The van der Waals surface area contributed by atoms with Crippen LogP contribution in [0.15, 0.2) is 24.3 Å². The van der Waals surface area contributed by atoms with Crippen LogP contribution >= 0.6 is 11.3 Å². The maximum atomic E-state index is 13.7. The summed E-state index contributed by atoms with van der Waals surface area (Å²) in [5.41, 5.74) is 0.427. The van der Waals surface area contributed by atoms with Crippen LogP contribution in [0.1, 0.15) is 46.4 Å². The molecule has 1 atom stereocenters. The first-order valence-electron chi connectivity index (χ1n) is 8.99. The van der Waals surface area contributed by atoms with Crippen LogP contribution in [-0.4, -0.2) is 37.2 Å². The van der Waals surface area contributed by atoms with Crippen molar-refractivity contribution in [3.8, 4) is 5.75 Å². The molecule has 0 saturated carbocycles. The molecule has 7 nitrogen and oxygen atoms in total. The van der Waals surface area contributed by atoms with Crippen LogP contribution in [0.2, 0.25) is 0 Å². The molecule has 1 unspecified atom stereocenters. The van der Waals surface area contributed by atoms with Crippen molar-refractivity contribution < 1.29 is 33.0 Å². The molecule has 1 amide bonds. The third-order valence-electron chi connectivity index (χ3n) is 3.83. The summed E-state index contributed by atoms with van der Waals surface area (Å²) in [6, 6.07) is 5.70. The zero-order chi connectivity index (χ0) is 21.6. The molecule has 0 aliphatic carbocycles. The normalized spacial score (nSPS) is 11.5. The number of esters is 2. The molecular weight excluding hydrogens is 401 g/mol. The Labute approximate surface area is 171 Å². The number of hydrogen-bond donors (Lipinski definition) is 1. The Balaban J connectivity index is 2.28. The summed E-state index contributed by atoms with van der Waals surface area (Å²) in [6.45, 7) is 6.62. The van der Waals surface area contributed by atoms with E-state index in [-0.39, 0.29) is 34.4 Å². The molecule has 0 saturated heterocycles. The van der Waals surface area contributed by atoms with E-state index in [1.54, 1.807) is 26.8 Å². The molecule has 1 N–H and O–H groups in total. The lowest BCUT2D eigenvalue weighted by atomic mass is 10.1. The van der Waals surface area contributed by atoms with Crippen LogP contribution in [0, 0.1) is 12.7 Å². The molecule has 2 aromatic rings. The first-order chi connectivity index (χ1) is 13.8. The quantitative estimate of drug-likeness (QED) is 0.647. The van der Waals surface area contributed by atoms with Gasteiger partial charge in [0.2, 0.25) is 0 Å². The smallest absolute Gasteiger partial charge is 0.348 e. The third-order valence-corrected chi connectivity index (χ3v) is 5.02. The molecule has 0 fully saturated rings. The molecule has 1 aromatic carbocycles. The van der Waals surface area contributed by atoms with E-state index >= 15 is 0 Å². The molecule has 0 radical (unpaired) electrons. The molecule has 9 heteroatoms. The lowest BCUT2D eigenvalue weighted by molar-refractivity contribution is -0.122. The number of para-hydroxylation sites is 1. The number of ether oxygens (including phenoxy) is 3. The standard InChI is InChI=1S/C20H22FNO6S/c1-5-26-19(24)15-11(3)16(20(25)27-6-2)29-18(15)22-17(23)12(4)28-14-10-8-7-9-13(14)21/h7-10,12H,5-6H2,1-4H3,(H,22,23). The minimum atomic E-state index is -1.06. The predicted octanol–water partition coefficient (Wildman–Crippen LogP) is 3.96. The van der Waals surface area contributed by atoms with Crippen LogP contribution in [-0.2, 0) is 14.3 Å². The molecule has 0 spiro atoms. The summed E-state index contributed by atoms with van der Waals surface area (Å²) >= 11 is 0.907. The number of carbonyl (C=O) groups excluding carboxylic acids is 3. The maximum Gasteiger partial charge on any atom is 0.348 e. The molecule has 1 heterocycles. The summed E-state index contributed by atoms with van der Waals surface area (Å²) in [4.78, 5) is 37.3. The molecule has 156 valence electrons. The highest BCUT2D eigenvalue weighted by atomic mass is 32.1. The van der Waals surface area contributed by atoms with Crippen molar-refractivity contribution in [2.75, 3.05) is 18.5 Å². The highest BCUT2D eigenvalue weighted by molar-refractivity contribution is 7.18. The van der Waals surface area contributed by atoms with E-state index in [4.69, 9.17) is 14.2 Å². The zero-order valence-corrected chi connectivity index (χ0v) is 17.4. The summed E-state index contributed by atoms with van der Waals surface area (Å²) in [6.07, 6.45) is -1.06. The number of halogens is 1. The molecule has 0 aliphatic heterocycles. The Morgan fingerprint density at radius 2 is 1.72 bits per heavy atom. The fourth-order valence-corrected chi connectivity index (χ4v) is 3.53. The van der Waals surface area contributed by atoms with Gasteiger partial charge in [0.1, 0.15) is 9.88 Å². The number of benzene rings is 1. The van der Waals surface area contributed by atoms with Crippen molar-refractivity contribution in [2.24, 2.45) is 0 Å². The molecular formula is C20H22FNO6S. The van der Waals surface area contributed by atoms with E-state index in [2.05, 4.69) is 5.32 Å². The average Bonchev–Trinajstić information content (AvgIpc) is 3.00. The fraction of sp³-hybridized carbons (Fsp3) is 0.350. The molecule has 1 aromatic heterocycles. The minimum absolute atomic E-state index is 0.0738. The van der Waals surface area contributed by atoms with E-state index in [9.17, 15) is 18.8 Å². The van der Waals surface area contributed by atoms with Crippen molar-refractivity contribution in [3.63, 3.8) is 0 Å². The zero-order valence-electron chi connectivity index (χ0n) is 16.5. The molecule has 0 bridgehead atoms. The Hall–Kier alpha value is -2.94. The Bertz CT molecular complexity index is 910. The predicted molar refractivity (Wildman–Crippen MR) is 106 cm³/mol. The number of amides is 1. The van der Waals surface area contributed by atoms with Crippen LogP contribution in [0.3, 0.4) is 0 Å². The fourth-order valence-electron chi connectivity index (χ4n) is 2.44. The van der Waals surface area contributed by atoms with E-state index in [0.29, 0.717) is 5.56 Å². The van der Waals surface area contributed by atoms with Crippen LogP contribution in [0.5, 0.6) is 5.75 Å². The topological polar surface area (TPSA) is 90.9 Å². The lowest BCUT2D eigenvalue weighted by Gasteiger charge is -2.15. The minimum Gasteiger partial charge on any atom is -0.478 e. The largest absolute Gasteiger partial charge is 0.478 e. The highest BCUT2D eigenvalue weighted by Gasteiger charge is 2.28. The van der Waals surface area contributed by atoms with Crippen molar-refractivity contribution in [3.05, 3.63) is 46.1 Å². The van der Waals surface area contributed by atoms with Crippen LogP contribution < -0.4 is 10.1 Å². The van der Waals surface area contributed by atoms with E-state index in [0.717, 1.165) is 11.3 Å². The third kappa shape index (κ3) is 5.32. The van der Waals surface area contributed by atoms with Crippen molar-refractivity contribution in [1.82, 2.24) is 0 Å². The van der Waals surface area contributed by atoms with E-state index in [1.165, 1.54) is 25.1 Å². The summed E-state index contributed by atoms with van der Waals surface area (Å²) in [5, 5.41) is 2.71. The van der Waals surface area contributed by atoms with Gasteiger partial charge in [0.15, 0.2) is 17.7 Å². The van der Waals surface area contributed by atoms with Crippen LogP contribution in [0.25, 0.3) is 0 Å². The molecule has 29 heavy (non-hydrogen) atoms. The van der Waals surface area contributed by atoms with Gasteiger partial charge in [0.05, 0.1) is 18.8 Å². The first kappa shape index (κ1) is 22.4. The van der Waals surface area contributed by atoms with Gasteiger partial charge in [-0.25, -0.2) is 14.0 Å². The van der Waals surface area contributed by atoms with E-state index in [1.807, 2.05) is 0 Å². The van der Waals surface area contributed by atoms with Gasteiger partial charge < -0.3 is 19.5 Å². The highest BCUT2D eigenvalue weighted by Crippen LogP contribution is 2.34. The van der Waals surface area contributed by atoms with Crippen LogP contribution in [0.4, 0.5) is 9.39 Å². The van der Waals surface area contributed by atoms with Gasteiger partial charge in [-0.1, -0.05) is 12.1 Å². The van der Waals surface area contributed by atoms with Gasteiger partial charge in [-0.05, 0) is 45.4 Å². The summed E-state index contributed by atoms with van der Waals surface area (Å²) in [7, 11) is 0. The number of anilines is 1. The number of hydrogen-bond acceptors (Lipinski definition) is 7. The number of thiophene rings is 1. The van der Waals surface area contributed by atoms with Gasteiger partial charge in [0.25, 0.3) is 5.91 Å². The average molecular weight is 423 g/mol. The molecule has 0 aliphatic rings. The van der Waals surface area contributed by atoms with Gasteiger partial charge in [0, 0.05) is 0 Å². The van der Waals surface area contributed by atoms with Crippen molar-refractivity contribution in [1.29, 1.82) is 0 Å². The maximum absolute atomic E-state index is 13.7. The van der Waals surface area contributed by atoms with Gasteiger partial charge in [-0.15, -0.1) is 11.3 Å². The van der Waals surface area contributed by atoms with Gasteiger partial charge in [-0.3, -0.25) is 4.79 Å². The van der Waals surface area contributed by atoms with E-state index < -0.39 is 29.8 Å². The number of carbonyl (C=O) groups is 3. The Kier molecular flexibility index (Phi) is 7.72. The Morgan fingerprint density at radius 3 is 2.34 bits per heavy atom. The summed E-state index contributed by atoms with van der Waals surface area (Å²) < 4.78 is 29.1. The second-order valence-corrected chi connectivity index (χ2v) is 6.90. The summed E-state index contributed by atoms with van der Waals surface area (Å²) in [5.74, 6) is -2.56. The van der Waals surface area contributed by atoms with Crippen molar-refractivity contribution >= 4 is 34.2 Å². The second-order valence-electron chi connectivity index (χ2n) is 5.88. The second kappa shape index (κ2) is 10.0. The monoisotopic (exact) mass is 423 g/mol. The Morgan fingerprint density at radius 1 is 1.10 bits per heavy atom. The SMILES string of the molecule is CCOC(=O)c1sc(NC(=O)C(C)Oc2ccccc2F)c(C(=O)OCC)c1C. The first-order valence-corrected chi connectivity index (χ1v) is 9.81.